The van der Waals surface area contributed by atoms with Crippen molar-refractivity contribution in [1.82, 2.24) is 0 Å². The van der Waals surface area contributed by atoms with E-state index in [1.807, 2.05) is 134 Å². The van der Waals surface area contributed by atoms with Crippen LogP contribution in [-0.4, -0.2) is 0 Å². The van der Waals surface area contributed by atoms with Gasteiger partial charge in [0.1, 0.15) is 34.5 Å². The molecular formula is C43H46O8P2. The van der Waals surface area contributed by atoms with E-state index in [9.17, 15) is 9.13 Å². The summed E-state index contributed by atoms with van der Waals surface area (Å²) < 4.78 is 65.0. The van der Waals surface area contributed by atoms with Gasteiger partial charge in [0, 0.05) is 0 Å². The molecule has 53 heavy (non-hydrogen) atoms. The molecule has 0 aliphatic rings. The molecular weight excluding hydrogens is 706 g/mol. The predicted octanol–water partition coefficient (Wildman–Crippen LogP) is 13.3. The van der Waals surface area contributed by atoms with Crippen molar-refractivity contribution in [2.24, 2.45) is 0 Å². The second-order valence-electron chi connectivity index (χ2n) is 13.3. The van der Waals surface area contributed by atoms with Crippen molar-refractivity contribution in [3.63, 3.8) is 0 Å². The lowest BCUT2D eigenvalue weighted by Crippen LogP contribution is -2.10. The van der Waals surface area contributed by atoms with E-state index in [-0.39, 0.29) is 5.75 Å². The molecule has 5 rings (SSSR count). The fourth-order valence-corrected chi connectivity index (χ4v) is 8.74. The Kier molecular flexibility index (Phi) is 12.0. The first-order valence-corrected chi connectivity index (χ1v) is 20.1. The highest BCUT2D eigenvalue weighted by Crippen LogP contribution is 2.54. The molecule has 0 amide bonds. The van der Waals surface area contributed by atoms with E-state index in [2.05, 4.69) is 6.58 Å². The van der Waals surface area contributed by atoms with Gasteiger partial charge in [-0.3, -0.25) is 0 Å². The summed E-state index contributed by atoms with van der Waals surface area (Å²) in [5, 5.41) is 0. The fraction of sp³-hybridized carbons (Fsp3) is 0.209. The molecule has 0 heterocycles. The maximum absolute atomic E-state index is 14.4. The number of para-hydroxylation sites is 3. The molecule has 0 fully saturated rings. The van der Waals surface area contributed by atoms with E-state index < -0.39 is 15.6 Å². The van der Waals surface area contributed by atoms with E-state index in [0.717, 1.165) is 50.1 Å². The third kappa shape index (κ3) is 9.64. The van der Waals surface area contributed by atoms with E-state index in [0.29, 0.717) is 34.3 Å². The number of phosphoric ester groups is 2. The Labute approximate surface area is 313 Å². The number of phosphoric acid groups is 2. The van der Waals surface area contributed by atoms with Crippen LogP contribution in [0.15, 0.2) is 127 Å². The second-order valence-corrected chi connectivity index (χ2v) is 16.1. The standard InChI is InChI=1S/C43H46O8P2/c1-28(2)40(29(3)4)48-52(44,49-41-30(5)14-11-15-31(41)6)46-38-24-20-36(21-25-38)37-22-26-39(27-23-37)47-53(45,50-42-32(7)16-12-17-33(42)8)51-43-34(9)18-13-19-35(43)10/h11-27H,1H2,2-10H3. The van der Waals surface area contributed by atoms with Crippen LogP contribution in [0.5, 0.6) is 28.7 Å². The van der Waals surface area contributed by atoms with Crippen LogP contribution in [0.4, 0.5) is 0 Å². The molecule has 1 unspecified atom stereocenters. The van der Waals surface area contributed by atoms with Crippen molar-refractivity contribution < 1.29 is 36.3 Å². The Balaban J connectivity index is 1.39. The number of hydrogen-bond acceptors (Lipinski definition) is 8. The van der Waals surface area contributed by atoms with Crippen LogP contribution in [0.3, 0.4) is 0 Å². The quantitative estimate of drug-likeness (QED) is 0.0629. The van der Waals surface area contributed by atoms with Crippen LogP contribution in [0.25, 0.3) is 11.1 Å². The largest absolute Gasteiger partial charge is 0.647 e. The Morgan fingerprint density at radius 3 is 1.06 bits per heavy atom. The van der Waals surface area contributed by atoms with Crippen molar-refractivity contribution >= 4 is 15.6 Å². The van der Waals surface area contributed by atoms with Crippen LogP contribution < -0.4 is 22.6 Å². The van der Waals surface area contributed by atoms with Crippen molar-refractivity contribution in [2.45, 2.75) is 62.3 Å². The highest BCUT2D eigenvalue weighted by atomic mass is 31.2. The molecule has 8 nitrogen and oxygen atoms in total. The maximum Gasteiger partial charge on any atom is 0.647 e. The van der Waals surface area contributed by atoms with Gasteiger partial charge in [-0.15, -0.1) is 0 Å². The summed E-state index contributed by atoms with van der Waals surface area (Å²) in [6.45, 7) is 20.7. The van der Waals surface area contributed by atoms with Crippen molar-refractivity contribution in [3.8, 4) is 39.9 Å². The number of rotatable bonds is 14. The molecule has 0 bridgehead atoms. The summed E-state index contributed by atoms with van der Waals surface area (Å²) in [6, 6.07) is 31.1. The minimum absolute atomic E-state index is 0.284. The highest BCUT2D eigenvalue weighted by Gasteiger charge is 2.37. The first-order valence-electron chi connectivity index (χ1n) is 17.2. The average Bonchev–Trinajstić information content (AvgIpc) is 3.10. The van der Waals surface area contributed by atoms with Crippen LogP contribution >= 0.6 is 15.6 Å². The lowest BCUT2D eigenvalue weighted by Gasteiger charge is -2.23. The van der Waals surface area contributed by atoms with Gasteiger partial charge >= 0.3 is 15.6 Å². The number of aryl methyl sites for hydroxylation is 6. The Morgan fingerprint density at radius 2 is 0.755 bits per heavy atom. The molecule has 0 saturated carbocycles. The first-order chi connectivity index (χ1) is 25.1. The zero-order chi connectivity index (χ0) is 38.5. The Bertz CT molecular complexity index is 2130. The molecule has 10 heteroatoms. The second kappa shape index (κ2) is 16.2. The van der Waals surface area contributed by atoms with Gasteiger partial charge < -0.3 is 27.1 Å². The molecule has 276 valence electrons. The summed E-state index contributed by atoms with van der Waals surface area (Å²) >= 11 is 0. The molecule has 0 aromatic heterocycles. The fourth-order valence-electron chi connectivity index (χ4n) is 5.66. The first kappa shape index (κ1) is 39.1. The van der Waals surface area contributed by atoms with Crippen molar-refractivity contribution in [2.75, 3.05) is 0 Å². The van der Waals surface area contributed by atoms with Gasteiger partial charge in [0.25, 0.3) is 0 Å². The highest BCUT2D eigenvalue weighted by molar-refractivity contribution is 7.50. The number of benzene rings is 5. The topological polar surface area (TPSA) is 89.5 Å². The molecule has 0 aliphatic carbocycles. The van der Waals surface area contributed by atoms with Crippen LogP contribution in [0.2, 0.25) is 0 Å². The SMILES string of the molecule is C=C(C)C(OP(=O)(Oc1ccc(-c2ccc(OP(=O)(Oc3c(C)cccc3C)Oc3c(C)cccc3C)cc2)cc1)Oc1c(C)cccc1C)=C(C)C. The molecule has 5 aromatic carbocycles. The summed E-state index contributed by atoms with van der Waals surface area (Å²) in [4.78, 5) is 0. The van der Waals surface area contributed by atoms with Gasteiger partial charge in [0.05, 0.1) is 0 Å². The summed E-state index contributed by atoms with van der Waals surface area (Å²) in [7, 11) is -8.48. The third-order valence-corrected chi connectivity index (χ3v) is 10.9. The predicted molar refractivity (Wildman–Crippen MR) is 212 cm³/mol. The zero-order valence-electron chi connectivity index (χ0n) is 31.7. The normalized spacial score (nSPS) is 12.2. The van der Waals surface area contributed by atoms with Gasteiger partial charge in [-0.1, -0.05) is 85.4 Å². The molecule has 0 aliphatic heterocycles. The van der Waals surface area contributed by atoms with E-state index in [1.165, 1.54) is 0 Å². The summed E-state index contributed by atoms with van der Waals surface area (Å²) in [5.74, 6) is 2.23. The van der Waals surface area contributed by atoms with Gasteiger partial charge in [0.15, 0.2) is 0 Å². The minimum Gasteiger partial charge on any atom is -0.386 e. The number of allylic oxidation sites excluding steroid dienone is 2. The third-order valence-electron chi connectivity index (χ3n) is 8.36. The van der Waals surface area contributed by atoms with E-state index in [1.54, 1.807) is 31.2 Å². The summed E-state index contributed by atoms with van der Waals surface area (Å²) in [6.07, 6.45) is 0. The monoisotopic (exact) mass is 752 g/mol. The molecule has 0 spiro atoms. The summed E-state index contributed by atoms with van der Waals surface area (Å²) in [5.41, 5.74) is 7.83. The van der Waals surface area contributed by atoms with Crippen molar-refractivity contribution in [3.05, 3.63) is 160 Å². The smallest absolute Gasteiger partial charge is 0.386 e. The number of hydrogen-bond donors (Lipinski definition) is 0. The lowest BCUT2D eigenvalue weighted by atomic mass is 10.1. The molecule has 1 atom stereocenters. The van der Waals surface area contributed by atoms with Crippen LogP contribution in [0, 0.1) is 41.5 Å². The molecule has 5 aromatic rings. The van der Waals surface area contributed by atoms with E-state index >= 15 is 0 Å². The zero-order valence-corrected chi connectivity index (χ0v) is 33.5. The maximum atomic E-state index is 14.4. The van der Waals surface area contributed by atoms with E-state index in [4.69, 9.17) is 27.1 Å². The Hall–Kier alpha value is -5.16. The average molecular weight is 753 g/mol. The van der Waals surface area contributed by atoms with Crippen molar-refractivity contribution in [1.29, 1.82) is 0 Å². The van der Waals surface area contributed by atoms with Gasteiger partial charge in [-0.05, 0) is 142 Å². The van der Waals surface area contributed by atoms with Crippen LogP contribution in [0.1, 0.15) is 54.2 Å². The molecule has 0 radical (unpaired) electrons. The minimum atomic E-state index is -4.24. The lowest BCUT2D eigenvalue weighted by molar-refractivity contribution is 0.257. The van der Waals surface area contributed by atoms with Gasteiger partial charge in [0.2, 0.25) is 0 Å². The Morgan fingerprint density at radius 1 is 0.453 bits per heavy atom. The molecule has 0 saturated heterocycles. The van der Waals surface area contributed by atoms with Gasteiger partial charge in [-0.25, -0.2) is 0 Å². The van der Waals surface area contributed by atoms with Gasteiger partial charge in [-0.2, -0.15) is 9.13 Å². The van der Waals surface area contributed by atoms with Crippen LogP contribution in [-0.2, 0) is 13.7 Å². The molecule has 0 N–H and O–H groups in total.